The van der Waals surface area contributed by atoms with E-state index in [1.165, 1.54) is 10.6 Å². The average Bonchev–Trinajstić information content (AvgIpc) is 2.67. The molecular formula is C19H23N3OS. The molecule has 0 spiro atoms. The number of thioether (sulfide) groups is 1. The van der Waals surface area contributed by atoms with Gasteiger partial charge in [0.1, 0.15) is 0 Å². The van der Waals surface area contributed by atoms with Crippen LogP contribution in [0.5, 0.6) is 0 Å². The minimum atomic E-state index is 0.0522. The third-order valence-electron chi connectivity index (χ3n) is 4.08. The van der Waals surface area contributed by atoms with Crippen LogP contribution >= 0.6 is 11.8 Å². The molecule has 0 unspecified atom stereocenters. The first-order valence-corrected chi connectivity index (χ1v) is 9.32. The second kappa shape index (κ2) is 8.64. The minimum Gasteiger partial charge on any atom is -0.368 e. The highest BCUT2D eigenvalue weighted by Gasteiger charge is 2.20. The highest BCUT2D eigenvalue weighted by Crippen LogP contribution is 2.17. The topological polar surface area (TPSA) is 35.6 Å². The largest absolute Gasteiger partial charge is 0.368 e. The van der Waals surface area contributed by atoms with Crippen LogP contribution in [0.3, 0.4) is 0 Å². The zero-order valence-electron chi connectivity index (χ0n) is 13.7. The Bertz CT molecular complexity index is 628. The van der Waals surface area contributed by atoms with Crippen LogP contribution in [0, 0.1) is 0 Å². The fourth-order valence-electron chi connectivity index (χ4n) is 2.76. The predicted octanol–water partition coefficient (Wildman–Crippen LogP) is 3.31. The van der Waals surface area contributed by atoms with Crippen molar-refractivity contribution in [2.75, 3.05) is 43.4 Å². The maximum atomic E-state index is 12.2. The second-order valence-corrected chi connectivity index (χ2v) is 6.87. The van der Waals surface area contributed by atoms with E-state index in [2.05, 4.69) is 46.6 Å². The van der Waals surface area contributed by atoms with Crippen LogP contribution in [0.4, 0.5) is 10.5 Å². The van der Waals surface area contributed by atoms with Gasteiger partial charge >= 0.3 is 6.03 Å². The van der Waals surface area contributed by atoms with Crippen molar-refractivity contribution in [3.63, 3.8) is 0 Å². The number of para-hydroxylation sites is 1. The molecule has 1 aliphatic heterocycles. The van der Waals surface area contributed by atoms with Crippen molar-refractivity contribution in [2.45, 2.75) is 4.90 Å². The lowest BCUT2D eigenvalue weighted by Crippen LogP contribution is -2.52. The molecule has 5 heteroatoms. The third-order valence-corrected chi connectivity index (χ3v) is 5.09. The summed E-state index contributed by atoms with van der Waals surface area (Å²) < 4.78 is 0. The number of nitrogens with zero attached hydrogens (tertiary/aromatic N) is 2. The van der Waals surface area contributed by atoms with Crippen LogP contribution < -0.4 is 10.2 Å². The van der Waals surface area contributed by atoms with E-state index in [-0.39, 0.29) is 6.03 Å². The van der Waals surface area contributed by atoms with Gasteiger partial charge in [0.15, 0.2) is 0 Å². The van der Waals surface area contributed by atoms with E-state index in [9.17, 15) is 4.79 Å². The Morgan fingerprint density at radius 3 is 2.21 bits per heavy atom. The summed E-state index contributed by atoms with van der Waals surface area (Å²) in [5.41, 5.74) is 1.23. The van der Waals surface area contributed by atoms with Gasteiger partial charge in [-0.2, -0.15) is 0 Å². The predicted molar refractivity (Wildman–Crippen MR) is 101 cm³/mol. The van der Waals surface area contributed by atoms with Gasteiger partial charge < -0.3 is 15.1 Å². The number of anilines is 1. The van der Waals surface area contributed by atoms with E-state index < -0.39 is 0 Å². The summed E-state index contributed by atoms with van der Waals surface area (Å²) in [6, 6.07) is 20.7. The highest BCUT2D eigenvalue weighted by molar-refractivity contribution is 7.99. The Morgan fingerprint density at radius 1 is 0.917 bits per heavy atom. The first kappa shape index (κ1) is 16.7. The standard InChI is InChI=1S/C19H23N3OS/c23-19(20-11-16-24-18-9-5-2-6-10-18)22-14-12-21(13-15-22)17-7-3-1-4-8-17/h1-10H,11-16H2,(H,20,23). The number of rotatable bonds is 5. The molecule has 0 aromatic heterocycles. The van der Waals surface area contributed by atoms with Gasteiger partial charge in [0.2, 0.25) is 0 Å². The first-order chi connectivity index (χ1) is 11.8. The molecule has 0 bridgehead atoms. The summed E-state index contributed by atoms with van der Waals surface area (Å²) in [7, 11) is 0. The van der Waals surface area contributed by atoms with Gasteiger partial charge in [-0.3, -0.25) is 0 Å². The van der Waals surface area contributed by atoms with Crippen molar-refractivity contribution in [2.24, 2.45) is 0 Å². The van der Waals surface area contributed by atoms with Crippen LogP contribution in [0.15, 0.2) is 65.6 Å². The SMILES string of the molecule is O=C(NCCSc1ccccc1)N1CCN(c2ccccc2)CC1. The fraction of sp³-hybridized carbons (Fsp3) is 0.316. The number of hydrogen-bond donors (Lipinski definition) is 1. The summed E-state index contributed by atoms with van der Waals surface area (Å²) >= 11 is 1.77. The minimum absolute atomic E-state index is 0.0522. The molecule has 0 saturated carbocycles. The first-order valence-electron chi connectivity index (χ1n) is 8.33. The summed E-state index contributed by atoms with van der Waals surface area (Å²) in [4.78, 5) is 17.7. The lowest BCUT2D eigenvalue weighted by atomic mass is 10.2. The number of hydrogen-bond acceptors (Lipinski definition) is 3. The van der Waals surface area contributed by atoms with Crippen molar-refractivity contribution >= 4 is 23.5 Å². The molecule has 0 aliphatic carbocycles. The molecule has 24 heavy (non-hydrogen) atoms. The van der Waals surface area contributed by atoms with Gasteiger partial charge in [-0.1, -0.05) is 36.4 Å². The van der Waals surface area contributed by atoms with Gasteiger partial charge in [0.05, 0.1) is 0 Å². The van der Waals surface area contributed by atoms with E-state index in [1.54, 1.807) is 11.8 Å². The zero-order chi connectivity index (χ0) is 16.6. The lowest BCUT2D eigenvalue weighted by Gasteiger charge is -2.36. The second-order valence-electron chi connectivity index (χ2n) is 5.70. The maximum Gasteiger partial charge on any atom is 0.317 e. The average molecular weight is 341 g/mol. The third kappa shape index (κ3) is 4.68. The van der Waals surface area contributed by atoms with Crippen molar-refractivity contribution < 1.29 is 4.79 Å². The number of nitrogens with one attached hydrogen (secondary N) is 1. The Morgan fingerprint density at radius 2 is 1.54 bits per heavy atom. The van der Waals surface area contributed by atoms with Crippen LogP contribution in [0.25, 0.3) is 0 Å². The molecule has 126 valence electrons. The van der Waals surface area contributed by atoms with Gasteiger partial charge in [-0.15, -0.1) is 11.8 Å². The van der Waals surface area contributed by atoms with E-state index in [1.807, 2.05) is 29.2 Å². The molecule has 2 aromatic carbocycles. The molecule has 1 fully saturated rings. The number of amides is 2. The Hall–Kier alpha value is -2.14. The zero-order valence-corrected chi connectivity index (χ0v) is 14.5. The Labute approximate surface area is 147 Å². The summed E-state index contributed by atoms with van der Waals surface area (Å²) in [6.45, 7) is 4.00. The normalized spacial score (nSPS) is 14.5. The molecule has 1 N–H and O–H groups in total. The van der Waals surface area contributed by atoms with Crippen LogP contribution in [0.2, 0.25) is 0 Å². The van der Waals surface area contributed by atoms with Gasteiger partial charge in [0.25, 0.3) is 0 Å². The lowest BCUT2D eigenvalue weighted by molar-refractivity contribution is 0.195. The summed E-state index contributed by atoms with van der Waals surface area (Å²) in [5, 5.41) is 3.02. The van der Waals surface area contributed by atoms with Crippen molar-refractivity contribution in [1.82, 2.24) is 10.2 Å². The number of piperazine rings is 1. The van der Waals surface area contributed by atoms with Crippen molar-refractivity contribution in [1.29, 1.82) is 0 Å². The summed E-state index contributed by atoms with van der Waals surface area (Å²) in [6.07, 6.45) is 0. The Kier molecular flexibility index (Phi) is 6.01. The highest BCUT2D eigenvalue weighted by atomic mass is 32.2. The van der Waals surface area contributed by atoms with Crippen LogP contribution in [-0.4, -0.2) is 49.4 Å². The number of carbonyl (C=O) groups excluding carboxylic acids is 1. The molecule has 0 atom stereocenters. The van der Waals surface area contributed by atoms with E-state index in [0.717, 1.165) is 31.9 Å². The number of benzene rings is 2. The smallest absolute Gasteiger partial charge is 0.317 e. The van der Waals surface area contributed by atoms with E-state index in [4.69, 9.17) is 0 Å². The Balaban J connectivity index is 1.36. The molecule has 1 saturated heterocycles. The van der Waals surface area contributed by atoms with Gasteiger partial charge in [-0.05, 0) is 24.3 Å². The maximum absolute atomic E-state index is 12.2. The quantitative estimate of drug-likeness (QED) is 0.669. The van der Waals surface area contributed by atoms with Crippen LogP contribution in [-0.2, 0) is 0 Å². The monoisotopic (exact) mass is 341 g/mol. The molecule has 2 aromatic rings. The molecule has 3 rings (SSSR count). The van der Waals surface area contributed by atoms with E-state index >= 15 is 0 Å². The number of carbonyl (C=O) groups is 1. The fourth-order valence-corrected chi connectivity index (χ4v) is 3.55. The summed E-state index contributed by atoms with van der Waals surface area (Å²) in [5.74, 6) is 0.889. The number of urea groups is 1. The molecule has 0 radical (unpaired) electrons. The van der Waals surface area contributed by atoms with E-state index in [0.29, 0.717) is 6.54 Å². The molecule has 1 heterocycles. The van der Waals surface area contributed by atoms with Gasteiger partial charge in [0, 0.05) is 49.1 Å². The molecule has 2 amide bonds. The molecular weight excluding hydrogens is 318 g/mol. The van der Waals surface area contributed by atoms with Crippen LogP contribution in [0.1, 0.15) is 0 Å². The van der Waals surface area contributed by atoms with Gasteiger partial charge in [-0.25, -0.2) is 4.79 Å². The van der Waals surface area contributed by atoms with Crippen molar-refractivity contribution in [3.05, 3.63) is 60.7 Å². The van der Waals surface area contributed by atoms with Crippen molar-refractivity contribution in [3.8, 4) is 0 Å². The molecule has 4 nitrogen and oxygen atoms in total. The molecule has 1 aliphatic rings.